The lowest BCUT2D eigenvalue weighted by molar-refractivity contribution is 1.56. The monoisotopic (exact) mass is 207 g/mol. The second-order valence-electron chi connectivity index (χ2n) is 3.01. The van der Waals surface area contributed by atoms with Gasteiger partial charge in [0.05, 0.1) is 5.52 Å². The zero-order valence-corrected chi connectivity index (χ0v) is 8.25. The van der Waals surface area contributed by atoms with Gasteiger partial charge in [-0.25, -0.2) is 0 Å². The van der Waals surface area contributed by atoms with Gasteiger partial charge in [-0.3, -0.25) is 0 Å². The van der Waals surface area contributed by atoms with Crippen molar-refractivity contribution >= 4 is 44.7 Å². The molecule has 0 unspecified atom stereocenters. The Balaban J connectivity index is 2.61. The lowest BCUT2D eigenvalue weighted by Crippen LogP contribution is -1.66. The van der Waals surface area contributed by atoms with Crippen molar-refractivity contribution in [1.29, 1.82) is 0 Å². The third kappa shape index (κ3) is 0.992. The van der Waals surface area contributed by atoms with E-state index in [9.17, 15) is 0 Å². The van der Waals surface area contributed by atoms with Crippen LogP contribution in [0.1, 0.15) is 0 Å². The minimum Gasteiger partial charge on any atom is -0.354 e. The first-order valence-electron chi connectivity index (χ1n) is 3.98. The van der Waals surface area contributed by atoms with Gasteiger partial charge >= 0.3 is 0 Å². The van der Waals surface area contributed by atoms with E-state index in [0.717, 1.165) is 10.5 Å². The van der Waals surface area contributed by atoms with Gasteiger partial charge in [0, 0.05) is 32.1 Å². The molecule has 0 bridgehead atoms. The number of nitrogens with one attached hydrogen (secondary N) is 1. The molecule has 0 amide bonds. The van der Waals surface area contributed by atoms with Crippen molar-refractivity contribution in [2.45, 2.75) is 0 Å². The maximum atomic E-state index is 5.93. The number of benzene rings is 1. The quantitative estimate of drug-likeness (QED) is 0.573. The maximum Gasteiger partial charge on any atom is 0.0573 e. The molecule has 1 aromatic carbocycles. The van der Waals surface area contributed by atoms with Crippen LogP contribution in [0.5, 0.6) is 0 Å². The first kappa shape index (κ1) is 7.42. The Morgan fingerprint density at radius 2 is 2.00 bits per heavy atom. The van der Waals surface area contributed by atoms with E-state index < -0.39 is 0 Å². The molecule has 64 valence electrons. The third-order valence-corrected chi connectivity index (χ3v) is 3.18. The van der Waals surface area contributed by atoms with Crippen LogP contribution in [0.15, 0.2) is 29.0 Å². The van der Waals surface area contributed by atoms with E-state index in [-0.39, 0.29) is 0 Å². The average Bonchev–Trinajstić information content (AvgIpc) is 2.64. The van der Waals surface area contributed by atoms with Gasteiger partial charge in [-0.1, -0.05) is 11.6 Å². The summed E-state index contributed by atoms with van der Waals surface area (Å²) in [7, 11) is 0. The summed E-state index contributed by atoms with van der Waals surface area (Å²) in [5.74, 6) is 0. The van der Waals surface area contributed by atoms with Crippen LogP contribution in [-0.4, -0.2) is 4.98 Å². The van der Waals surface area contributed by atoms with Crippen LogP contribution >= 0.6 is 22.9 Å². The van der Waals surface area contributed by atoms with Gasteiger partial charge in [0.1, 0.15) is 0 Å². The Labute approximate surface area is 83.9 Å². The molecule has 1 N–H and O–H groups in total. The molecule has 0 radical (unpaired) electrons. The van der Waals surface area contributed by atoms with Crippen LogP contribution in [-0.2, 0) is 0 Å². The van der Waals surface area contributed by atoms with Gasteiger partial charge in [-0.05, 0) is 18.2 Å². The minimum absolute atomic E-state index is 0.791. The Kier molecular flexibility index (Phi) is 1.43. The standard InChI is InChI=1S/C10H6ClNS/c11-6-1-2-9-7(3-6)8-4-13-5-10(8)12-9/h1-5,12H. The molecule has 0 atom stereocenters. The van der Waals surface area contributed by atoms with Crippen LogP contribution in [0.4, 0.5) is 0 Å². The number of fused-ring (bicyclic) bond motifs is 3. The van der Waals surface area contributed by atoms with Crippen molar-refractivity contribution in [3.63, 3.8) is 0 Å². The van der Waals surface area contributed by atoms with Crippen molar-refractivity contribution in [2.75, 3.05) is 0 Å². The first-order valence-corrected chi connectivity index (χ1v) is 5.30. The lowest BCUT2D eigenvalue weighted by Gasteiger charge is -1.90. The lowest BCUT2D eigenvalue weighted by atomic mass is 10.2. The Hall–Kier alpha value is -0.990. The summed E-state index contributed by atoms with van der Waals surface area (Å²) in [6, 6.07) is 5.92. The van der Waals surface area contributed by atoms with Crippen LogP contribution < -0.4 is 0 Å². The molecule has 0 aliphatic heterocycles. The maximum absolute atomic E-state index is 5.93. The van der Waals surface area contributed by atoms with Gasteiger partial charge in [0.25, 0.3) is 0 Å². The van der Waals surface area contributed by atoms with E-state index in [1.165, 1.54) is 16.3 Å². The van der Waals surface area contributed by atoms with Crippen LogP contribution in [0, 0.1) is 0 Å². The number of hydrogen-bond acceptors (Lipinski definition) is 1. The molecule has 0 saturated heterocycles. The molecule has 2 heterocycles. The van der Waals surface area contributed by atoms with Crippen LogP contribution in [0.3, 0.4) is 0 Å². The fourth-order valence-corrected chi connectivity index (χ4v) is 2.55. The number of H-pyrrole nitrogens is 1. The topological polar surface area (TPSA) is 15.8 Å². The summed E-state index contributed by atoms with van der Waals surface area (Å²) in [5.41, 5.74) is 2.35. The number of rotatable bonds is 0. The predicted molar refractivity (Wildman–Crippen MR) is 58.7 cm³/mol. The van der Waals surface area contributed by atoms with E-state index >= 15 is 0 Å². The SMILES string of the molecule is Clc1ccc2[nH]c3cscc3c2c1. The largest absolute Gasteiger partial charge is 0.354 e. The number of halogens is 1. The third-order valence-electron chi connectivity index (χ3n) is 2.20. The summed E-state index contributed by atoms with van der Waals surface area (Å²) in [6.07, 6.45) is 0. The molecular weight excluding hydrogens is 202 g/mol. The Bertz CT molecular complexity index is 579. The highest BCUT2D eigenvalue weighted by Crippen LogP contribution is 2.29. The number of aromatic nitrogens is 1. The molecule has 0 spiro atoms. The Morgan fingerprint density at radius 3 is 2.92 bits per heavy atom. The van der Waals surface area contributed by atoms with Gasteiger partial charge in [-0.15, -0.1) is 11.3 Å². The molecular formula is C10H6ClNS. The highest BCUT2D eigenvalue weighted by Gasteiger charge is 2.04. The summed E-state index contributed by atoms with van der Waals surface area (Å²) in [5, 5.41) is 7.53. The van der Waals surface area contributed by atoms with Crippen molar-refractivity contribution < 1.29 is 0 Å². The zero-order valence-electron chi connectivity index (χ0n) is 6.67. The summed E-state index contributed by atoms with van der Waals surface area (Å²) in [6.45, 7) is 0. The van der Waals surface area contributed by atoms with Gasteiger partial charge in [-0.2, -0.15) is 0 Å². The van der Waals surface area contributed by atoms with E-state index in [1.807, 2.05) is 18.2 Å². The highest BCUT2D eigenvalue weighted by atomic mass is 35.5. The van der Waals surface area contributed by atoms with Crippen molar-refractivity contribution in [1.82, 2.24) is 4.98 Å². The molecule has 0 fully saturated rings. The zero-order chi connectivity index (χ0) is 8.84. The number of hydrogen-bond donors (Lipinski definition) is 1. The summed E-state index contributed by atoms with van der Waals surface area (Å²) in [4.78, 5) is 3.34. The van der Waals surface area contributed by atoms with Crippen molar-refractivity contribution in [3.05, 3.63) is 34.0 Å². The number of thiophene rings is 1. The normalized spacial score (nSPS) is 11.5. The smallest absolute Gasteiger partial charge is 0.0573 e. The molecule has 1 nitrogen and oxygen atoms in total. The molecule has 0 saturated carbocycles. The fourth-order valence-electron chi connectivity index (χ4n) is 1.60. The molecule has 0 aliphatic rings. The highest BCUT2D eigenvalue weighted by molar-refractivity contribution is 7.09. The minimum atomic E-state index is 0.791. The molecule has 0 aliphatic carbocycles. The van der Waals surface area contributed by atoms with Crippen molar-refractivity contribution in [2.24, 2.45) is 0 Å². The molecule has 3 aromatic rings. The van der Waals surface area contributed by atoms with E-state index in [1.54, 1.807) is 11.3 Å². The Morgan fingerprint density at radius 1 is 1.08 bits per heavy atom. The second-order valence-corrected chi connectivity index (χ2v) is 4.19. The molecule has 2 aromatic heterocycles. The van der Waals surface area contributed by atoms with E-state index in [0.29, 0.717) is 0 Å². The van der Waals surface area contributed by atoms with Gasteiger partial charge in [0.15, 0.2) is 0 Å². The number of aromatic amines is 1. The molecule has 13 heavy (non-hydrogen) atoms. The molecule has 3 heteroatoms. The predicted octanol–water partition coefficient (Wildman–Crippen LogP) is 4.04. The van der Waals surface area contributed by atoms with Crippen LogP contribution in [0.2, 0.25) is 5.02 Å². The molecule has 3 rings (SSSR count). The van der Waals surface area contributed by atoms with Gasteiger partial charge in [0.2, 0.25) is 0 Å². The van der Waals surface area contributed by atoms with E-state index in [2.05, 4.69) is 15.7 Å². The summed E-state index contributed by atoms with van der Waals surface area (Å²) >= 11 is 7.64. The fraction of sp³-hybridized carbons (Fsp3) is 0. The van der Waals surface area contributed by atoms with Gasteiger partial charge < -0.3 is 4.98 Å². The van der Waals surface area contributed by atoms with Crippen LogP contribution in [0.25, 0.3) is 21.8 Å². The van der Waals surface area contributed by atoms with Crippen molar-refractivity contribution in [3.8, 4) is 0 Å². The summed E-state index contributed by atoms with van der Waals surface area (Å²) < 4.78 is 0. The second kappa shape index (κ2) is 2.50. The van der Waals surface area contributed by atoms with E-state index in [4.69, 9.17) is 11.6 Å². The average molecular weight is 208 g/mol. The first-order chi connectivity index (χ1) is 6.34.